The maximum absolute atomic E-state index is 4.81. The zero-order valence-electron chi connectivity index (χ0n) is 14.2. The molecule has 4 rings (SSSR count). The fourth-order valence-corrected chi connectivity index (χ4v) is 3.98. The van der Waals surface area contributed by atoms with Gasteiger partial charge in [0.2, 0.25) is 0 Å². The maximum atomic E-state index is 4.81. The second-order valence-corrected chi connectivity index (χ2v) is 7.35. The highest BCUT2D eigenvalue weighted by atomic mass is 32.1. The number of rotatable bonds is 4. The van der Waals surface area contributed by atoms with E-state index in [1.54, 1.807) is 11.3 Å². The van der Waals surface area contributed by atoms with Crippen LogP contribution in [-0.2, 0) is 6.42 Å². The van der Waals surface area contributed by atoms with Crippen molar-refractivity contribution in [2.24, 2.45) is 0 Å². The van der Waals surface area contributed by atoms with E-state index in [2.05, 4.69) is 45.7 Å². The van der Waals surface area contributed by atoms with Crippen LogP contribution in [0.5, 0.6) is 0 Å². The molecular weight excluding hydrogens is 318 g/mol. The highest BCUT2D eigenvalue weighted by Gasteiger charge is 2.18. The lowest BCUT2D eigenvalue weighted by Crippen LogP contribution is -2.47. The first kappa shape index (κ1) is 15.6. The molecule has 24 heavy (non-hydrogen) atoms. The molecule has 5 nitrogen and oxygen atoms in total. The second-order valence-electron chi connectivity index (χ2n) is 6.48. The smallest absolute Gasteiger partial charge is 0.185 e. The van der Waals surface area contributed by atoms with Crippen LogP contribution in [0.2, 0.25) is 0 Å². The number of hydrogen-bond donors (Lipinski definition) is 1. The minimum atomic E-state index is 0.977. The number of thiazole rings is 1. The zero-order valence-corrected chi connectivity index (χ0v) is 15.1. The highest BCUT2D eigenvalue weighted by Crippen LogP contribution is 2.21. The lowest BCUT2D eigenvalue weighted by atomic mass is 10.1. The van der Waals surface area contributed by atoms with Crippen molar-refractivity contribution in [1.82, 2.24) is 19.9 Å². The molecule has 1 aliphatic heterocycles. The van der Waals surface area contributed by atoms with Crippen molar-refractivity contribution < 1.29 is 0 Å². The Bertz CT molecular complexity index is 815. The molecule has 0 aliphatic carbocycles. The number of benzene rings is 1. The largest absolute Gasteiger partial charge is 0.346 e. The van der Waals surface area contributed by atoms with Gasteiger partial charge < -0.3 is 9.88 Å². The van der Waals surface area contributed by atoms with Gasteiger partial charge in [-0.05, 0) is 31.0 Å². The number of nitrogens with one attached hydrogen (secondary N) is 1. The lowest BCUT2D eigenvalue weighted by molar-refractivity contribution is 0.259. The molecule has 3 aromatic rings. The number of anilines is 1. The Morgan fingerprint density at radius 3 is 2.75 bits per heavy atom. The van der Waals surface area contributed by atoms with Crippen LogP contribution < -0.4 is 4.90 Å². The number of aromatic amines is 1. The predicted molar refractivity (Wildman–Crippen MR) is 100 cm³/mol. The van der Waals surface area contributed by atoms with Crippen LogP contribution in [0.4, 0.5) is 5.13 Å². The molecule has 0 saturated carbocycles. The fourth-order valence-electron chi connectivity index (χ4n) is 3.28. The molecule has 1 aromatic carbocycles. The van der Waals surface area contributed by atoms with Crippen molar-refractivity contribution >= 4 is 27.5 Å². The summed E-state index contributed by atoms with van der Waals surface area (Å²) >= 11 is 1.73. The third-order valence-electron chi connectivity index (χ3n) is 4.95. The van der Waals surface area contributed by atoms with Crippen LogP contribution in [0.15, 0.2) is 23.7 Å². The number of fused-ring (bicyclic) bond motifs is 1. The van der Waals surface area contributed by atoms with E-state index < -0.39 is 0 Å². The summed E-state index contributed by atoms with van der Waals surface area (Å²) in [6, 6.07) is 4.30. The van der Waals surface area contributed by atoms with Crippen molar-refractivity contribution in [1.29, 1.82) is 0 Å². The molecule has 0 spiro atoms. The van der Waals surface area contributed by atoms with Crippen molar-refractivity contribution in [3.8, 4) is 0 Å². The molecule has 1 aliphatic rings. The van der Waals surface area contributed by atoms with Gasteiger partial charge in [-0.25, -0.2) is 9.97 Å². The van der Waals surface area contributed by atoms with Crippen LogP contribution in [-0.4, -0.2) is 52.6 Å². The molecule has 2 aromatic heterocycles. The Hall–Kier alpha value is -1.92. The SMILES string of the molecule is Cc1ccc2[nH]c(CCN3CCN(c4nccs4)CC3)nc2c1C. The Morgan fingerprint density at radius 1 is 1.17 bits per heavy atom. The van der Waals surface area contributed by atoms with Gasteiger partial charge in [0.15, 0.2) is 5.13 Å². The number of nitrogens with zero attached hydrogens (tertiary/aromatic N) is 4. The average molecular weight is 341 g/mol. The van der Waals surface area contributed by atoms with Crippen molar-refractivity contribution in [3.05, 3.63) is 40.7 Å². The van der Waals surface area contributed by atoms with Crippen molar-refractivity contribution in [3.63, 3.8) is 0 Å². The first-order valence-electron chi connectivity index (χ1n) is 8.52. The number of hydrogen-bond acceptors (Lipinski definition) is 5. The van der Waals surface area contributed by atoms with E-state index in [4.69, 9.17) is 4.98 Å². The topological polar surface area (TPSA) is 48.1 Å². The van der Waals surface area contributed by atoms with E-state index in [0.717, 1.165) is 61.1 Å². The second kappa shape index (κ2) is 6.53. The summed E-state index contributed by atoms with van der Waals surface area (Å²) in [6.45, 7) is 9.67. The Morgan fingerprint density at radius 2 is 2.00 bits per heavy atom. The van der Waals surface area contributed by atoms with Gasteiger partial charge in [0.25, 0.3) is 0 Å². The first-order valence-corrected chi connectivity index (χ1v) is 9.40. The monoisotopic (exact) mass is 341 g/mol. The molecule has 126 valence electrons. The third-order valence-corrected chi connectivity index (χ3v) is 5.79. The number of aryl methyl sites for hydroxylation is 2. The standard InChI is InChI=1S/C18H23N5S/c1-13-3-4-15-17(14(13)2)21-16(20-15)5-7-22-8-10-23(11-9-22)18-19-6-12-24-18/h3-4,6,12H,5,7-11H2,1-2H3,(H,20,21). The molecule has 0 unspecified atom stereocenters. The summed E-state index contributed by atoms with van der Waals surface area (Å²) in [6.07, 6.45) is 2.86. The van der Waals surface area contributed by atoms with E-state index in [-0.39, 0.29) is 0 Å². The van der Waals surface area contributed by atoms with Gasteiger partial charge in [0.1, 0.15) is 5.82 Å². The summed E-state index contributed by atoms with van der Waals surface area (Å²) in [4.78, 5) is 17.6. The number of H-pyrrole nitrogens is 1. The van der Waals surface area contributed by atoms with E-state index in [1.807, 2.05) is 11.6 Å². The molecule has 0 atom stereocenters. The van der Waals surface area contributed by atoms with E-state index in [1.165, 1.54) is 11.1 Å². The molecular formula is C18H23N5S. The van der Waals surface area contributed by atoms with Crippen molar-refractivity contribution in [2.75, 3.05) is 37.6 Å². The zero-order chi connectivity index (χ0) is 16.5. The Balaban J connectivity index is 1.35. The maximum Gasteiger partial charge on any atom is 0.185 e. The van der Waals surface area contributed by atoms with Crippen LogP contribution in [0.1, 0.15) is 17.0 Å². The molecule has 3 heterocycles. The van der Waals surface area contributed by atoms with E-state index >= 15 is 0 Å². The van der Waals surface area contributed by atoms with Gasteiger partial charge in [0.05, 0.1) is 11.0 Å². The fraction of sp³-hybridized carbons (Fsp3) is 0.444. The van der Waals surface area contributed by atoms with Gasteiger partial charge in [-0.2, -0.15) is 0 Å². The van der Waals surface area contributed by atoms with E-state index in [0.29, 0.717) is 0 Å². The summed E-state index contributed by atoms with van der Waals surface area (Å²) in [5.74, 6) is 1.10. The van der Waals surface area contributed by atoms with Gasteiger partial charge in [-0.15, -0.1) is 11.3 Å². The van der Waals surface area contributed by atoms with Gasteiger partial charge >= 0.3 is 0 Å². The summed E-state index contributed by atoms with van der Waals surface area (Å²) in [5.41, 5.74) is 4.87. The number of imidazole rings is 1. The molecule has 1 saturated heterocycles. The van der Waals surface area contributed by atoms with Gasteiger partial charge in [-0.1, -0.05) is 6.07 Å². The molecule has 0 radical (unpaired) electrons. The van der Waals surface area contributed by atoms with Crippen LogP contribution >= 0.6 is 11.3 Å². The predicted octanol–water partition coefficient (Wildman–Crippen LogP) is 3.00. The van der Waals surface area contributed by atoms with Crippen LogP contribution in [0, 0.1) is 13.8 Å². The van der Waals surface area contributed by atoms with Crippen LogP contribution in [0.3, 0.4) is 0 Å². The minimum absolute atomic E-state index is 0.977. The third kappa shape index (κ3) is 3.03. The summed E-state index contributed by atoms with van der Waals surface area (Å²) in [5, 5.41) is 3.20. The highest BCUT2D eigenvalue weighted by molar-refractivity contribution is 7.13. The molecule has 0 amide bonds. The van der Waals surface area contributed by atoms with Crippen LogP contribution in [0.25, 0.3) is 11.0 Å². The first-order chi connectivity index (χ1) is 11.7. The molecule has 0 bridgehead atoms. The molecule has 1 fully saturated rings. The van der Waals surface area contributed by atoms with E-state index in [9.17, 15) is 0 Å². The number of aromatic nitrogens is 3. The minimum Gasteiger partial charge on any atom is -0.346 e. The Labute approximate surface area is 146 Å². The lowest BCUT2D eigenvalue weighted by Gasteiger charge is -2.34. The average Bonchev–Trinajstić information content (AvgIpc) is 3.27. The molecule has 1 N–H and O–H groups in total. The van der Waals surface area contributed by atoms with Gasteiger partial charge in [-0.3, -0.25) is 4.90 Å². The number of piperazine rings is 1. The van der Waals surface area contributed by atoms with Crippen molar-refractivity contribution in [2.45, 2.75) is 20.3 Å². The quantitative estimate of drug-likeness (QED) is 0.792. The Kier molecular flexibility index (Phi) is 4.24. The normalized spacial score (nSPS) is 16.2. The summed E-state index contributed by atoms with van der Waals surface area (Å²) in [7, 11) is 0. The molecule has 6 heteroatoms. The summed E-state index contributed by atoms with van der Waals surface area (Å²) < 4.78 is 0. The van der Waals surface area contributed by atoms with Gasteiger partial charge in [0, 0.05) is 50.7 Å².